The zero-order valence-corrected chi connectivity index (χ0v) is 14.8. The molecule has 2 aromatic rings. The molecule has 3 amide bonds. The van der Waals surface area contributed by atoms with Gasteiger partial charge in [0, 0.05) is 24.2 Å². The zero-order valence-electron chi connectivity index (χ0n) is 14.8. The second-order valence-corrected chi connectivity index (χ2v) is 6.19. The topological polar surface area (TPSA) is 110 Å². The van der Waals surface area contributed by atoms with Crippen LogP contribution in [0.5, 0.6) is 0 Å². The van der Waals surface area contributed by atoms with Gasteiger partial charge >= 0.3 is 0 Å². The number of carbonyl (C=O) groups is 3. The lowest BCUT2D eigenvalue weighted by Gasteiger charge is -2.16. The number of carbonyl (C=O) groups excluding carboxylic acids is 3. The van der Waals surface area contributed by atoms with Crippen molar-refractivity contribution in [3.05, 3.63) is 68.8 Å². The number of benzene rings is 2. The van der Waals surface area contributed by atoms with Gasteiger partial charge in [-0.25, -0.2) is 4.90 Å². The summed E-state index contributed by atoms with van der Waals surface area (Å²) in [4.78, 5) is 49.0. The van der Waals surface area contributed by atoms with Crippen LogP contribution in [0, 0.1) is 17.0 Å². The third-order valence-corrected chi connectivity index (χ3v) is 4.32. The number of nitro groups is 1. The Morgan fingerprint density at radius 1 is 1.11 bits per heavy atom. The molecule has 0 unspecified atom stereocenters. The molecule has 1 aliphatic heterocycles. The van der Waals surface area contributed by atoms with Crippen LogP contribution >= 0.6 is 0 Å². The minimum atomic E-state index is -0.558. The number of aryl methyl sites for hydroxylation is 1. The van der Waals surface area contributed by atoms with Crippen molar-refractivity contribution in [1.29, 1.82) is 0 Å². The van der Waals surface area contributed by atoms with Crippen molar-refractivity contribution in [3.63, 3.8) is 0 Å². The Labute approximate surface area is 154 Å². The Balaban J connectivity index is 1.97. The van der Waals surface area contributed by atoms with E-state index in [-0.39, 0.29) is 28.4 Å². The molecule has 0 bridgehead atoms. The maximum atomic E-state index is 12.8. The molecular weight excluding hydrogens is 350 g/mol. The summed E-state index contributed by atoms with van der Waals surface area (Å²) in [5, 5.41) is 13.6. The number of rotatable bonds is 5. The first-order chi connectivity index (χ1) is 12.8. The highest BCUT2D eigenvalue weighted by Crippen LogP contribution is 2.32. The van der Waals surface area contributed by atoms with Gasteiger partial charge in [0.1, 0.15) is 0 Å². The van der Waals surface area contributed by atoms with Gasteiger partial charge in [-0.1, -0.05) is 6.92 Å². The van der Waals surface area contributed by atoms with E-state index in [2.05, 4.69) is 5.32 Å². The molecule has 0 atom stereocenters. The number of non-ortho nitro benzene ring substituents is 1. The van der Waals surface area contributed by atoms with E-state index in [4.69, 9.17) is 0 Å². The van der Waals surface area contributed by atoms with Crippen LogP contribution in [-0.4, -0.2) is 29.2 Å². The highest BCUT2D eigenvalue weighted by Gasteiger charge is 2.38. The molecular formula is C19H17N3O5. The van der Waals surface area contributed by atoms with Gasteiger partial charge in [0.05, 0.1) is 21.7 Å². The van der Waals surface area contributed by atoms with E-state index in [1.165, 1.54) is 36.4 Å². The highest BCUT2D eigenvalue weighted by molar-refractivity contribution is 6.35. The summed E-state index contributed by atoms with van der Waals surface area (Å²) in [6, 6.07) is 8.29. The van der Waals surface area contributed by atoms with Crippen LogP contribution in [0.15, 0.2) is 36.4 Å². The SMILES string of the molecule is CCCNC(=O)c1ccc2c(c1)C(=O)N(c1ccc([N+](=O)[O-])cc1C)C2=O. The number of nitrogens with one attached hydrogen (secondary N) is 1. The number of fused-ring (bicyclic) bond motifs is 1. The van der Waals surface area contributed by atoms with E-state index in [9.17, 15) is 24.5 Å². The molecule has 8 heteroatoms. The standard InChI is InChI=1S/C19H17N3O5/c1-3-8-20-17(23)12-4-6-14-15(10-12)19(25)21(18(14)24)16-7-5-13(22(26)27)9-11(16)2/h4-7,9-10H,3,8H2,1-2H3,(H,20,23). The fourth-order valence-corrected chi connectivity index (χ4v) is 2.95. The molecule has 0 saturated carbocycles. The molecule has 0 aromatic heterocycles. The summed E-state index contributed by atoms with van der Waals surface area (Å²) >= 11 is 0. The summed E-state index contributed by atoms with van der Waals surface area (Å²) in [6.45, 7) is 4.03. The maximum Gasteiger partial charge on any atom is 0.269 e. The van der Waals surface area contributed by atoms with Crippen molar-refractivity contribution >= 4 is 29.1 Å². The fraction of sp³-hybridized carbons (Fsp3) is 0.211. The van der Waals surface area contributed by atoms with Crippen LogP contribution in [-0.2, 0) is 0 Å². The molecule has 1 N–H and O–H groups in total. The van der Waals surface area contributed by atoms with E-state index in [0.29, 0.717) is 17.7 Å². The average molecular weight is 367 g/mol. The van der Waals surface area contributed by atoms with Crippen LogP contribution < -0.4 is 10.2 Å². The van der Waals surface area contributed by atoms with E-state index < -0.39 is 16.7 Å². The smallest absolute Gasteiger partial charge is 0.269 e. The van der Waals surface area contributed by atoms with E-state index in [1.807, 2.05) is 6.92 Å². The molecule has 2 aromatic carbocycles. The number of anilines is 1. The van der Waals surface area contributed by atoms with Gasteiger partial charge in [0.25, 0.3) is 23.4 Å². The van der Waals surface area contributed by atoms with Gasteiger partial charge in [-0.2, -0.15) is 0 Å². The number of imide groups is 1. The molecule has 0 spiro atoms. The van der Waals surface area contributed by atoms with Crippen molar-refractivity contribution in [2.45, 2.75) is 20.3 Å². The Morgan fingerprint density at radius 2 is 1.81 bits per heavy atom. The Kier molecular flexibility index (Phi) is 4.72. The third-order valence-electron chi connectivity index (χ3n) is 4.32. The molecule has 0 radical (unpaired) electrons. The van der Waals surface area contributed by atoms with Crippen molar-refractivity contribution in [2.24, 2.45) is 0 Å². The molecule has 27 heavy (non-hydrogen) atoms. The second kappa shape index (κ2) is 6.99. The van der Waals surface area contributed by atoms with Crippen molar-refractivity contribution in [3.8, 4) is 0 Å². The van der Waals surface area contributed by atoms with Gasteiger partial charge in [0.2, 0.25) is 0 Å². The molecule has 1 heterocycles. The lowest BCUT2D eigenvalue weighted by atomic mass is 10.1. The fourth-order valence-electron chi connectivity index (χ4n) is 2.95. The van der Waals surface area contributed by atoms with Gasteiger partial charge < -0.3 is 5.32 Å². The molecule has 3 rings (SSSR count). The quantitative estimate of drug-likeness (QED) is 0.496. The number of nitro benzene ring substituents is 1. The van der Waals surface area contributed by atoms with Crippen molar-refractivity contribution in [2.75, 3.05) is 11.4 Å². The Hall–Kier alpha value is -3.55. The first-order valence-corrected chi connectivity index (χ1v) is 8.41. The monoisotopic (exact) mass is 367 g/mol. The minimum Gasteiger partial charge on any atom is -0.352 e. The summed E-state index contributed by atoms with van der Waals surface area (Å²) in [7, 11) is 0. The van der Waals surface area contributed by atoms with Crippen molar-refractivity contribution < 1.29 is 19.3 Å². The van der Waals surface area contributed by atoms with Gasteiger partial charge in [0.15, 0.2) is 0 Å². The molecule has 0 fully saturated rings. The molecule has 1 aliphatic rings. The lowest BCUT2D eigenvalue weighted by molar-refractivity contribution is -0.384. The number of amides is 3. The van der Waals surface area contributed by atoms with Crippen LogP contribution in [0.25, 0.3) is 0 Å². The Morgan fingerprint density at radius 3 is 2.44 bits per heavy atom. The molecule has 138 valence electrons. The van der Waals surface area contributed by atoms with E-state index in [0.717, 1.165) is 11.3 Å². The van der Waals surface area contributed by atoms with E-state index >= 15 is 0 Å². The Bertz CT molecular complexity index is 983. The summed E-state index contributed by atoms with van der Waals surface area (Å²) in [5.41, 5.74) is 1.23. The number of hydrogen-bond acceptors (Lipinski definition) is 5. The van der Waals surface area contributed by atoms with Crippen LogP contribution in [0.4, 0.5) is 11.4 Å². The van der Waals surface area contributed by atoms with Crippen molar-refractivity contribution in [1.82, 2.24) is 5.32 Å². The first-order valence-electron chi connectivity index (χ1n) is 8.41. The summed E-state index contributed by atoms with van der Waals surface area (Å²) < 4.78 is 0. The predicted octanol–water partition coefficient (Wildman–Crippen LogP) is 2.84. The van der Waals surface area contributed by atoms with E-state index in [1.54, 1.807) is 6.92 Å². The van der Waals surface area contributed by atoms with Crippen LogP contribution in [0.1, 0.15) is 50.0 Å². The van der Waals surface area contributed by atoms with Gasteiger partial charge in [-0.15, -0.1) is 0 Å². The normalized spacial score (nSPS) is 12.9. The number of hydrogen-bond donors (Lipinski definition) is 1. The largest absolute Gasteiger partial charge is 0.352 e. The maximum absolute atomic E-state index is 12.8. The predicted molar refractivity (Wildman–Crippen MR) is 98.0 cm³/mol. The van der Waals surface area contributed by atoms with Gasteiger partial charge in [-0.05, 0) is 43.2 Å². The summed E-state index contributed by atoms with van der Waals surface area (Å²) in [5.74, 6) is -1.39. The van der Waals surface area contributed by atoms with Crippen LogP contribution in [0.2, 0.25) is 0 Å². The lowest BCUT2D eigenvalue weighted by Crippen LogP contribution is -2.30. The highest BCUT2D eigenvalue weighted by atomic mass is 16.6. The molecule has 8 nitrogen and oxygen atoms in total. The first kappa shape index (κ1) is 18.2. The minimum absolute atomic E-state index is 0.122. The van der Waals surface area contributed by atoms with Gasteiger partial charge in [-0.3, -0.25) is 24.5 Å². The number of nitrogens with zero attached hydrogens (tertiary/aromatic N) is 2. The third kappa shape index (κ3) is 3.17. The molecule has 0 saturated heterocycles. The molecule has 0 aliphatic carbocycles. The zero-order chi connectivity index (χ0) is 19.7. The van der Waals surface area contributed by atoms with Crippen LogP contribution in [0.3, 0.4) is 0 Å². The average Bonchev–Trinajstić information content (AvgIpc) is 2.90. The summed E-state index contributed by atoms with van der Waals surface area (Å²) in [6.07, 6.45) is 0.779. The second-order valence-electron chi connectivity index (χ2n) is 6.19.